The van der Waals surface area contributed by atoms with Gasteiger partial charge in [0.05, 0.1) is 11.2 Å². The molecule has 2 rings (SSSR count). The second-order valence-corrected chi connectivity index (χ2v) is 5.08. The van der Waals surface area contributed by atoms with Crippen molar-refractivity contribution in [3.05, 3.63) is 52.5 Å². The summed E-state index contributed by atoms with van der Waals surface area (Å²) >= 11 is 1.64. The molecule has 0 bridgehead atoms. The second kappa shape index (κ2) is 5.43. The van der Waals surface area contributed by atoms with Gasteiger partial charge in [-0.2, -0.15) is 0 Å². The van der Waals surface area contributed by atoms with E-state index in [2.05, 4.69) is 41.6 Å². The van der Waals surface area contributed by atoms with E-state index in [1.807, 2.05) is 11.6 Å². The number of benzene rings is 1. The molecule has 17 heavy (non-hydrogen) atoms. The van der Waals surface area contributed by atoms with Gasteiger partial charge in [-0.1, -0.05) is 37.3 Å². The summed E-state index contributed by atoms with van der Waals surface area (Å²) in [6.45, 7) is 2.86. The van der Waals surface area contributed by atoms with E-state index >= 15 is 0 Å². The summed E-state index contributed by atoms with van der Waals surface area (Å²) in [6, 6.07) is 10.5. The molecule has 0 radical (unpaired) electrons. The Hall–Kier alpha value is -1.19. The van der Waals surface area contributed by atoms with Gasteiger partial charge in [0.25, 0.3) is 0 Å². The largest absolute Gasteiger partial charge is 0.330 e. The van der Waals surface area contributed by atoms with Crippen LogP contribution in [-0.2, 0) is 11.8 Å². The van der Waals surface area contributed by atoms with Crippen molar-refractivity contribution in [2.75, 3.05) is 6.54 Å². The molecule has 1 aromatic carbocycles. The van der Waals surface area contributed by atoms with Crippen molar-refractivity contribution in [2.24, 2.45) is 5.73 Å². The van der Waals surface area contributed by atoms with Crippen LogP contribution >= 0.6 is 11.3 Å². The van der Waals surface area contributed by atoms with Crippen LogP contribution < -0.4 is 5.73 Å². The SMILES string of the molecule is CCC(CN)(Cc1cscn1)c1ccccc1. The first-order chi connectivity index (χ1) is 8.30. The molecule has 0 spiro atoms. The van der Waals surface area contributed by atoms with E-state index in [-0.39, 0.29) is 5.41 Å². The van der Waals surface area contributed by atoms with E-state index in [1.54, 1.807) is 11.3 Å². The number of rotatable bonds is 5. The second-order valence-electron chi connectivity index (χ2n) is 4.36. The molecule has 0 aliphatic carbocycles. The Morgan fingerprint density at radius 1 is 1.29 bits per heavy atom. The maximum atomic E-state index is 6.04. The highest BCUT2D eigenvalue weighted by Crippen LogP contribution is 2.30. The molecule has 3 heteroatoms. The van der Waals surface area contributed by atoms with Crippen LogP contribution in [0.25, 0.3) is 0 Å². The van der Waals surface area contributed by atoms with Gasteiger partial charge in [0, 0.05) is 23.8 Å². The summed E-state index contributed by atoms with van der Waals surface area (Å²) in [6.07, 6.45) is 1.96. The quantitative estimate of drug-likeness (QED) is 0.881. The molecular formula is C14H18N2S. The zero-order chi connectivity index (χ0) is 12.1. The monoisotopic (exact) mass is 246 g/mol. The lowest BCUT2D eigenvalue weighted by atomic mass is 9.75. The Kier molecular flexibility index (Phi) is 3.92. The van der Waals surface area contributed by atoms with Crippen LogP contribution in [-0.4, -0.2) is 11.5 Å². The van der Waals surface area contributed by atoms with Crippen LogP contribution in [0, 0.1) is 0 Å². The van der Waals surface area contributed by atoms with Crippen LogP contribution in [0.4, 0.5) is 0 Å². The predicted octanol–water partition coefficient (Wildman–Crippen LogP) is 2.99. The summed E-state index contributed by atoms with van der Waals surface area (Å²) in [5.74, 6) is 0. The first-order valence-electron chi connectivity index (χ1n) is 5.93. The van der Waals surface area contributed by atoms with Gasteiger partial charge in [0.2, 0.25) is 0 Å². The Balaban J connectivity index is 2.32. The number of nitrogens with two attached hydrogens (primary N) is 1. The third-order valence-corrected chi connectivity index (χ3v) is 4.09. The lowest BCUT2D eigenvalue weighted by molar-refractivity contribution is 0.415. The van der Waals surface area contributed by atoms with Gasteiger partial charge in [0.15, 0.2) is 0 Å². The smallest absolute Gasteiger partial charge is 0.0794 e. The standard InChI is InChI=1S/C14H18N2S/c1-2-14(10-15,8-13-9-17-11-16-13)12-6-4-3-5-7-12/h3-7,9,11H,2,8,10,15H2,1H3. The molecule has 0 aliphatic rings. The Morgan fingerprint density at radius 3 is 2.59 bits per heavy atom. The lowest BCUT2D eigenvalue weighted by Gasteiger charge is -2.31. The van der Waals surface area contributed by atoms with Gasteiger partial charge in [0.1, 0.15) is 0 Å². The normalized spacial score (nSPS) is 14.5. The van der Waals surface area contributed by atoms with Crippen LogP contribution in [0.3, 0.4) is 0 Å². The average Bonchev–Trinajstić information content (AvgIpc) is 2.90. The van der Waals surface area contributed by atoms with Crippen molar-refractivity contribution in [3.8, 4) is 0 Å². The Morgan fingerprint density at radius 2 is 2.06 bits per heavy atom. The van der Waals surface area contributed by atoms with E-state index in [9.17, 15) is 0 Å². The molecule has 2 aromatic rings. The number of thiazole rings is 1. The van der Waals surface area contributed by atoms with Crippen molar-refractivity contribution < 1.29 is 0 Å². The third kappa shape index (κ3) is 2.56. The Labute approximate surface area is 107 Å². The molecule has 1 unspecified atom stereocenters. The number of hydrogen-bond donors (Lipinski definition) is 1. The zero-order valence-electron chi connectivity index (χ0n) is 10.1. The van der Waals surface area contributed by atoms with Crippen molar-refractivity contribution in [3.63, 3.8) is 0 Å². The summed E-state index contributed by atoms with van der Waals surface area (Å²) in [5.41, 5.74) is 10.4. The van der Waals surface area contributed by atoms with E-state index in [0.29, 0.717) is 6.54 Å². The third-order valence-electron chi connectivity index (χ3n) is 3.46. The fraction of sp³-hybridized carbons (Fsp3) is 0.357. The van der Waals surface area contributed by atoms with Crippen molar-refractivity contribution >= 4 is 11.3 Å². The maximum absolute atomic E-state index is 6.04. The van der Waals surface area contributed by atoms with Gasteiger partial charge in [-0.05, 0) is 12.0 Å². The highest BCUT2D eigenvalue weighted by Gasteiger charge is 2.29. The topological polar surface area (TPSA) is 38.9 Å². The maximum Gasteiger partial charge on any atom is 0.0794 e. The minimum absolute atomic E-state index is 0.0231. The zero-order valence-corrected chi connectivity index (χ0v) is 10.9. The van der Waals surface area contributed by atoms with E-state index in [1.165, 1.54) is 5.56 Å². The molecule has 0 fully saturated rings. The van der Waals surface area contributed by atoms with E-state index in [0.717, 1.165) is 18.5 Å². The summed E-state index contributed by atoms with van der Waals surface area (Å²) in [7, 11) is 0. The van der Waals surface area contributed by atoms with Gasteiger partial charge < -0.3 is 5.73 Å². The molecule has 90 valence electrons. The van der Waals surface area contributed by atoms with Gasteiger partial charge in [-0.3, -0.25) is 0 Å². The summed E-state index contributed by atoms with van der Waals surface area (Å²) in [5, 5.41) is 2.11. The minimum atomic E-state index is 0.0231. The molecule has 0 saturated carbocycles. The fourth-order valence-corrected chi connectivity index (χ4v) is 2.79. The highest BCUT2D eigenvalue weighted by atomic mass is 32.1. The van der Waals surface area contributed by atoms with E-state index < -0.39 is 0 Å². The van der Waals surface area contributed by atoms with Crippen molar-refractivity contribution in [2.45, 2.75) is 25.2 Å². The van der Waals surface area contributed by atoms with Gasteiger partial charge >= 0.3 is 0 Å². The lowest BCUT2D eigenvalue weighted by Crippen LogP contribution is -2.36. The highest BCUT2D eigenvalue weighted by molar-refractivity contribution is 7.07. The number of aromatic nitrogens is 1. The molecular weight excluding hydrogens is 228 g/mol. The first-order valence-corrected chi connectivity index (χ1v) is 6.87. The van der Waals surface area contributed by atoms with E-state index in [4.69, 9.17) is 5.73 Å². The van der Waals surface area contributed by atoms with Crippen molar-refractivity contribution in [1.82, 2.24) is 4.98 Å². The van der Waals surface area contributed by atoms with Gasteiger partial charge in [-0.25, -0.2) is 4.98 Å². The molecule has 0 aliphatic heterocycles. The fourth-order valence-electron chi connectivity index (χ4n) is 2.23. The van der Waals surface area contributed by atoms with Crippen molar-refractivity contribution in [1.29, 1.82) is 0 Å². The molecule has 0 saturated heterocycles. The predicted molar refractivity (Wildman–Crippen MR) is 73.3 cm³/mol. The van der Waals surface area contributed by atoms with Crippen LogP contribution in [0.1, 0.15) is 24.6 Å². The average molecular weight is 246 g/mol. The number of hydrogen-bond acceptors (Lipinski definition) is 3. The van der Waals surface area contributed by atoms with Gasteiger partial charge in [-0.15, -0.1) is 11.3 Å². The van der Waals surface area contributed by atoms with Crippen LogP contribution in [0.5, 0.6) is 0 Å². The number of nitrogens with zero attached hydrogens (tertiary/aromatic N) is 1. The Bertz CT molecular complexity index is 433. The minimum Gasteiger partial charge on any atom is -0.330 e. The molecule has 1 aromatic heterocycles. The molecule has 0 amide bonds. The molecule has 1 atom stereocenters. The molecule has 1 heterocycles. The first kappa shape index (κ1) is 12.3. The van der Waals surface area contributed by atoms with Crippen LogP contribution in [0.15, 0.2) is 41.2 Å². The summed E-state index contributed by atoms with van der Waals surface area (Å²) < 4.78 is 0. The molecule has 2 nitrogen and oxygen atoms in total. The summed E-state index contributed by atoms with van der Waals surface area (Å²) in [4.78, 5) is 4.39. The molecule has 2 N–H and O–H groups in total. The van der Waals surface area contributed by atoms with Crippen LogP contribution in [0.2, 0.25) is 0 Å².